The van der Waals surface area contributed by atoms with Crippen molar-refractivity contribution in [2.24, 2.45) is 0 Å². The number of nitrogens with one attached hydrogen (secondary N) is 2. The summed E-state index contributed by atoms with van der Waals surface area (Å²) in [6.45, 7) is 4.26. The number of rotatable bonds is 6. The van der Waals surface area contributed by atoms with E-state index < -0.39 is 0 Å². The van der Waals surface area contributed by atoms with Gasteiger partial charge >= 0.3 is 0 Å². The first-order valence-electron chi connectivity index (χ1n) is 10.2. The normalized spacial score (nSPS) is 10.8. The summed E-state index contributed by atoms with van der Waals surface area (Å²) < 4.78 is 5.87. The Kier molecular flexibility index (Phi) is 5.80. The van der Waals surface area contributed by atoms with Crippen LogP contribution < -0.4 is 15.4 Å². The van der Waals surface area contributed by atoms with Crippen LogP contribution in [0, 0.1) is 0 Å². The van der Waals surface area contributed by atoms with Gasteiger partial charge in [-0.2, -0.15) is 0 Å². The zero-order valence-corrected chi connectivity index (χ0v) is 17.7. The van der Waals surface area contributed by atoms with E-state index in [0.717, 1.165) is 16.5 Å². The molecule has 1 aromatic heterocycles. The van der Waals surface area contributed by atoms with Crippen molar-refractivity contribution in [1.82, 2.24) is 9.97 Å². The molecule has 0 saturated heterocycles. The van der Waals surface area contributed by atoms with Crippen molar-refractivity contribution in [1.29, 1.82) is 0 Å². The lowest BCUT2D eigenvalue weighted by atomic mass is 10.0. The van der Waals surface area contributed by atoms with E-state index >= 15 is 0 Å². The van der Waals surface area contributed by atoms with E-state index in [9.17, 15) is 4.79 Å². The van der Waals surface area contributed by atoms with Gasteiger partial charge in [0.1, 0.15) is 17.9 Å². The van der Waals surface area contributed by atoms with Crippen LogP contribution in [0.25, 0.3) is 10.8 Å². The van der Waals surface area contributed by atoms with E-state index in [2.05, 4.69) is 40.5 Å². The fourth-order valence-electron chi connectivity index (χ4n) is 3.35. The van der Waals surface area contributed by atoms with Crippen LogP contribution in [-0.2, 0) is 0 Å². The third-order valence-electron chi connectivity index (χ3n) is 5.03. The van der Waals surface area contributed by atoms with Gasteiger partial charge in [-0.05, 0) is 58.7 Å². The summed E-state index contributed by atoms with van der Waals surface area (Å²) in [6.07, 6.45) is 1.44. The Morgan fingerprint density at radius 1 is 0.968 bits per heavy atom. The summed E-state index contributed by atoms with van der Waals surface area (Å²) in [5, 5.41) is 7.73. The molecule has 0 fully saturated rings. The minimum Gasteiger partial charge on any atom is -0.439 e. The summed E-state index contributed by atoms with van der Waals surface area (Å²) in [7, 11) is 1.79. The van der Waals surface area contributed by atoms with Gasteiger partial charge in [-0.3, -0.25) is 4.79 Å². The first-order chi connectivity index (χ1) is 15.0. The molecule has 1 amide bonds. The third-order valence-corrected chi connectivity index (χ3v) is 5.03. The average Bonchev–Trinajstić information content (AvgIpc) is 2.78. The van der Waals surface area contributed by atoms with Gasteiger partial charge in [-0.1, -0.05) is 38.1 Å². The standard InChI is InChI=1S/C25H24N4O2/c1-16(2)17-6-4-8-19(12-17)29-25(30)22-9-5-7-18-13-20(10-11-21(18)22)31-24-14-23(26-3)27-15-28-24/h4-16H,1-3H3,(H,29,30)(H,26,27,28). The van der Waals surface area contributed by atoms with Crippen molar-refractivity contribution in [2.45, 2.75) is 19.8 Å². The summed E-state index contributed by atoms with van der Waals surface area (Å²) in [4.78, 5) is 21.2. The highest BCUT2D eigenvalue weighted by Gasteiger charge is 2.12. The number of hydrogen-bond donors (Lipinski definition) is 2. The van der Waals surface area contributed by atoms with Crippen LogP contribution in [-0.4, -0.2) is 22.9 Å². The fourth-order valence-corrected chi connectivity index (χ4v) is 3.35. The highest BCUT2D eigenvalue weighted by atomic mass is 16.5. The number of benzene rings is 3. The topological polar surface area (TPSA) is 76.1 Å². The Balaban J connectivity index is 1.59. The molecule has 3 aromatic carbocycles. The summed E-state index contributed by atoms with van der Waals surface area (Å²) in [5.74, 6) is 2.00. The number of nitrogens with zero attached hydrogens (tertiary/aromatic N) is 2. The first kappa shape index (κ1) is 20.3. The Bertz CT molecular complexity index is 1240. The molecule has 0 aliphatic rings. The highest BCUT2D eigenvalue weighted by molar-refractivity contribution is 6.13. The minimum absolute atomic E-state index is 0.144. The van der Waals surface area contributed by atoms with Gasteiger partial charge < -0.3 is 15.4 Å². The summed E-state index contributed by atoms with van der Waals surface area (Å²) in [5.41, 5.74) is 2.58. The SMILES string of the molecule is CNc1cc(Oc2ccc3c(C(=O)Nc4cccc(C(C)C)c4)cccc3c2)ncn1. The molecule has 2 N–H and O–H groups in total. The molecule has 0 unspecified atom stereocenters. The lowest BCUT2D eigenvalue weighted by Gasteiger charge is -2.12. The number of amides is 1. The number of ether oxygens (including phenoxy) is 1. The van der Waals surface area contributed by atoms with Crippen LogP contribution >= 0.6 is 0 Å². The first-order valence-corrected chi connectivity index (χ1v) is 10.2. The molecule has 0 aliphatic heterocycles. The van der Waals surface area contributed by atoms with Gasteiger partial charge in [0.05, 0.1) is 0 Å². The van der Waals surface area contributed by atoms with Gasteiger partial charge in [0.25, 0.3) is 5.91 Å². The molecule has 4 rings (SSSR count). The minimum atomic E-state index is -0.144. The highest BCUT2D eigenvalue weighted by Crippen LogP contribution is 2.28. The molecule has 0 saturated carbocycles. The van der Waals surface area contributed by atoms with E-state index in [1.54, 1.807) is 13.1 Å². The van der Waals surface area contributed by atoms with E-state index in [1.165, 1.54) is 11.9 Å². The number of aromatic nitrogens is 2. The van der Waals surface area contributed by atoms with Gasteiger partial charge in [0.15, 0.2) is 0 Å². The maximum atomic E-state index is 13.0. The van der Waals surface area contributed by atoms with Crippen molar-refractivity contribution in [3.63, 3.8) is 0 Å². The lowest BCUT2D eigenvalue weighted by molar-refractivity contribution is 0.102. The van der Waals surface area contributed by atoms with Gasteiger partial charge in [-0.15, -0.1) is 0 Å². The molecular formula is C25H24N4O2. The number of hydrogen-bond acceptors (Lipinski definition) is 5. The maximum Gasteiger partial charge on any atom is 0.256 e. The second kappa shape index (κ2) is 8.83. The van der Waals surface area contributed by atoms with Crippen molar-refractivity contribution in [3.05, 3.63) is 84.2 Å². The van der Waals surface area contributed by atoms with Crippen molar-refractivity contribution >= 4 is 28.2 Å². The van der Waals surface area contributed by atoms with Crippen molar-refractivity contribution < 1.29 is 9.53 Å². The third kappa shape index (κ3) is 4.64. The molecule has 6 nitrogen and oxygen atoms in total. The fraction of sp³-hybridized carbons (Fsp3) is 0.160. The molecule has 0 atom stereocenters. The Morgan fingerprint density at radius 2 is 1.81 bits per heavy atom. The van der Waals surface area contributed by atoms with E-state index in [4.69, 9.17) is 4.74 Å². The molecule has 31 heavy (non-hydrogen) atoms. The number of carbonyl (C=O) groups excluding carboxylic acids is 1. The molecule has 6 heteroatoms. The molecule has 0 aliphatic carbocycles. The average molecular weight is 412 g/mol. The molecule has 0 spiro atoms. The quantitative estimate of drug-likeness (QED) is 0.416. The van der Waals surface area contributed by atoms with Crippen LogP contribution in [0.3, 0.4) is 0 Å². The summed E-state index contributed by atoms with van der Waals surface area (Å²) >= 11 is 0. The lowest BCUT2D eigenvalue weighted by Crippen LogP contribution is -2.12. The van der Waals surface area contributed by atoms with Crippen molar-refractivity contribution in [2.75, 3.05) is 17.7 Å². The number of fused-ring (bicyclic) bond motifs is 1. The van der Waals surface area contributed by atoms with Crippen LogP contribution in [0.4, 0.5) is 11.5 Å². The predicted molar refractivity (Wildman–Crippen MR) is 124 cm³/mol. The smallest absolute Gasteiger partial charge is 0.256 e. The molecule has 0 radical (unpaired) electrons. The predicted octanol–water partition coefficient (Wildman–Crippen LogP) is 5.84. The van der Waals surface area contributed by atoms with Gasteiger partial charge in [0, 0.05) is 24.4 Å². The van der Waals surface area contributed by atoms with E-state index in [1.807, 2.05) is 54.6 Å². The molecule has 0 bridgehead atoms. The zero-order chi connectivity index (χ0) is 21.8. The van der Waals surface area contributed by atoms with Gasteiger partial charge in [-0.25, -0.2) is 9.97 Å². The Morgan fingerprint density at radius 3 is 2.61 bits per heavy atom. The maximum absolute atomic E-state index is 13.0. The van der Waals surface area contributed by atoms with Crippen LogP contribution in [0.5, 0.6) is 11.6 Å². The summed E-state index contributed by atoms with van der Waals surface area (Å²) in [6, 6.07) is 20.9. The van der Waals surface area contributed by atoms with E-state index in [-0.39, 0.29) is 5.91 Å². The number of anilines is 2. The Labute approximate surface area is 181 Å². The zero-order valence-electron chi connectivity index (χ0n) is 17.7. The molecule has 156 valence electrons. The van der Waals surface area contributed by atoms with Gasteiger partial charge in [0.2, 0.25) is 5.88 Å². The van der Waals surface area contributed by atoms with Crippen molar-refractivity contribution in [3.8, 4) is 11.6 Å². The largest absolute Gasteiger partial charge is 0.439 e. The van der Waals surface area contributed by atoms with E-state index in [0.29, 0.717) is 28.9 Å². The molecule has 1 heterocycles. The second-order valence-corrected chi connectivity index (χ2v) is 7.52. The van der Waals surface area contributed by atoms with Crippen LogP contribution in [0.2, 0.25) is 0 Å². The Hall–Kier alpha value is -3.93. The monoisotopic (exact) mass is 412 g/mol. The van der Waals surface area contributed by atoms with Crippen LogP contribution in [0.15, 0.2) is 73.1 Å². The molecule has 4 aromatic rings. The number of carbonyl (C=O) groups is 1. The second-order valence-electron chi connectivity index (χ2n) is 7.52. The van der Waals surface area contributed by atoms with Crippen LogP contribution in [0.1, 0.15) is 35.7 Å². The molecular weight excluding hydrogens is 388 g/mol.